The van der Waals surface area contributed by atoms with Crippen LogP contribution in [0.15, 0.2) is 88.2 Å². The zero-order chi connectivity index (χ0) is 29.4. The number of hydrogen-bond acceptors (Lipinski definition) is 4. The highest BCUT2D eigenvalue weighted by Gasteiger charge is 2.34. The van der Waals surface area contributed by atoms with E-state index >= 15 is 0 Å². The van der Waals surface area contributed by atoms with Gasteiger partial charge in [-0.15, -0.1) is 0 Å². The van der Waals surface area contributed by atoms with Crippen LogP contribution in [0.5, 0.6) is 0 Å². The van der Waals surface area contributed by atoms with Gasteiger partial charge in [0.2, 0.25) is 11.8 Å². The molecule has 1 unspecified atom stereocenters. The zero-order valence-corrected chi connectivity index (χ0v) is 26.0. The van der Waals surface area contributed by atoms with Gasteiger partial charge in [-0.05, 0) is 68.1 Å². The van der Waals surface area contributed by atoms with Crippen LogP contribution < -0.4 is 9.62 Å². The molecule has 3 aromatic carbocycles. The Morgan fingerprint density at radius 2 is 1.56 bits per heavy atom. The molecule has 4 rings (SSSR count). The molecule has 0 radical (unpaired) electrons. The van der Waals surface area contributed by atoms with Gasteiger partial charge in [-0.3, -0.25) is 13.9 Å². The van der Waals surface area contributed by atoms with Crippen molar-refractivity contribution in [3.8, 4) is 0 Å². The van der Waals surface area contributed by atoms with Crippen molar-refractivity contribution in [2.24, 2.45) is 0 Å². The van der Waals surface area contributed by atoms with Gasteiger partial charge in [0.05, 0.1) is 10.6 Å². The molecule has 0 heterocycles. The largest absolute Gasteiger partial charge is 0.352 e. The molecular weight excluding hydrogens is 602 g/mol. The smallest absolute Gasteiger partial charge is 0.264 e. The van der Waals surface area contributed by atoms with Crippen LogP contribution in [0.4, 0.5) is 5.69 Å². The molecule has 1 aliphatic rings. The molecule has 1 aliphatic carbocycles. The van der Waals surface area contributed by atoms with E-state index in [-0.39, 0.29) is 23.4 Å². The molecule has 1 N–H and O–H groups in total. The van der Waals surface area contributed by atoms with E-state index in [0.717, 1.165) is 45.6 Å². The average Bonchev–Trinajstić information content (AvgIpc) is 2.97. The molecule has 41 heavy (non-hydrogen) atoms. The van der Waals surface area contributed by atoms with Crippen molar-refractivity contribution in [3.63, 3.8) is 0 Å². The normalized spacial score (nSPS) is 14.7. The molecule has 1 fully saturated rings. The molecule has 3 aromatic rings. The number of sulfonamides is 1. The van der Waals surface area contributed by atoms with Crippen LogP contribution in [-0.2, 0) is 26.2 Å². The summed E-state index contributed by atoms with van der Waals surface area (Å²) < 4.78 is 29.8. The van der Waals surface area contributed by atoms with Crippen LogP contribution >= 0.6 is 15.9 Å². The van der Waals surface area contributed by atoms with Crippen molar-refractivity contribution in [3.05, 3.63) is 94.5 Å². The second kappa shape index (κ2) is 14.1. The van der Waals surface area contributed by atoms with Crippen LogP contribution in [0.3, 0.4) is 0 Å². The van der Waals surface area contributed by atoms with Crippen molar-refractivity contribution < 1.29 is 18.0 Å². The van der Waals surface area contributed by atoms with E-state index in [1.807, 2.05) is 44.2 Å². The summed E-state index contributed by atoms with van der Waals surface area (Å²) in [5.41, 5.74) is 2.15. The number of aryl methyl sites for hydroxylation is 1. The van der Waals surface area contributed by atoms with Gasteiger partial charge in [0.15, 0.2) is 0 Å². The molecule has 1 saturated carbocycles. The fraction of sp³-hybridized carbons (Fsp3) is 0.375. The number of rotatable bonds is 11. The van der Waals surface area contributed by atoms with Gasteiger partial charge in [-0.25, -0.2) is 8.42 Å². The Morgan fingerprint density at radius 1 is 0.927 bits per heavy atom. The fourth-order valence-electron chi connectivity index (χ4n) is 5.22. The highest BCUT2D eigenvalue weighted by molar-refractivity contribution is 9.10. The van der Waals surface area contributed by atoms with Crippen LogP contribution in [0.2, 0.25) is 0 Å². The number of nitrogens with zero attached hydrogens (tertiary/aromatic N) is 2. The maximum absolute atomic E-state index is 14.2. The molecule has 1 atom stereocenters. The number of anilines is 1. The third kappa shape index (κ3) is 7.98. The molecule has 0 aliphatic heterocycles. The highest BCUT2D eigenvalue weighted by atomic mass is 79.9. The van der Waals surface area contributed by atoms with Crippen molar-refractivity contribution in [2.45, 2.75) is 75.9 Å². The maximum atomic E-state index is 14.2. The number of amides is 2. The SMILES string of the molecule is CCC(C(=O)NC1CCCCC1)N(Cc1ccccc1)C(=O)CN(c1ccc(Br)cc1)S(=O)(=O)c1ccc(C)cc1. The molecule has 0 spiro atoms. The number of halogens is 1. The molecule has 0 bridgehead atoms. The summed E-state index contributed by atoms with van der Waals surface area (Å²) in [5, 5.41) is 3.17. The lowest BCUT2D eigenvalue weighted by atomic mass is 9.95. The van der Waals surface area contributed by atoms with Gasteiger partial charge in [-0.2, -0.15) is 0 Å². The minimum absolute atomic E-state index is 0.0931. The minimum Gasteiger partial charge on any atom is -0.352 e. The van der Waals surface area contributed by atoms with Crippen LogP contribution in [0.1, 0.15) is 56.6 Å². The quantitative estimate of drug-likeness (QED) is 0.270. The molecule has 0 aromatic heterocycles. The number of benzene rings is 3. The predicted octanol–water partition coefficient (Wildman–Crippen LogP) is 6.21. The number of carbonyl (C=O) groups excluding carboxylic acids is 2. The first-order chi connectivity index (χ1) is 19.7. The van der Waals surface area contributed by atoms with Crippen molar-refractivity contribution >= 4 is 43.5 Å². The molecule has 218 valence electrons. The van der Waals surface area contributed by atoms with Crippen molar-refractivity contribution in [1.82, 2.24) is 10.2 Å². The number of carbonyl (C=O) groups is 2. The van der Waals surface area contributed by atoms with Crippen molar-refractivity contribution in [2.75, 3.05) is 10.8 Å². The second-order valence-corrected chi connectivity index (χ2v) is 13.4. The Hall–Kier alpha value is -3.17. The summed E-state index contributed by atoms with van der Waals surface area (Å²) >= 11 is 3.41. The van der Waals surface area contributed by atoms with Gasteiger partial charge in [0.25, 0.3) is 10.0 Å². The summed E-state index contributed by atoms with van der Waals surface area (Å²) in [6, 6.07) is 22.2. The van der Waals surface area contributed by atoms with Gasteiger partial charge in [0.1, 0.15) is 12.6 Å². The molecule has 0 saturated heterocycles. The number of nitrogens with one attached hydrogen (secondary N) is 1. The first kappa shape index (κ1) is 30.8. The van der Waals surface area contributed by atoms with Crippen LogP contribution in [0.25, 0.3) is 0 Å². The molecule has 9 heteroatoms. The van der Waals surface area contributed by atoms with E-state index in [9.17, 15) is 18.0 Å². The Kier molecular flexibility index (Phi) is 10.6. The summed E-state index contributed by atoms with van der Waals surface area (Å²) in [6.07, 6.45) is 5.59. The molecular formula is C32H38BrN3O4S. The van der Waals surface area contributed by atoms with E-state index in [1.54, 1.807) is 48.5 Å². The topological polar surface area (TPSA) is 86.8 Å². The predicted molar refractivity (Wildman–Crippen MR) is 166 cm³/mol. The zero-order valence-electron chi connectivity index (χ0n) is 23.6. The lowest BCUT2D eigenvalue weighted by molar-refractivity contribution is -0.140. The van der Waals surface area contributed by atoms with Crippen LogP contribution in [-0.4, -0.2) is 43.8 Å². The summed E-state index contributed by atoms with van der Waals surface area (Å²) in [4.78, 5) is 29.4. The van der Waals surface area contributed by atoms with E-state index < -0.39 is 28.5 Å². The second-order valence-electron chi connectivity index (χ2n) is 10.6. The van der Waals surface area contributed by atoms with Gasteiger partial charge in [0, 0.05) is 17.1 Å². The fourth-order valence-corrected chi connectivity index (χ4v) is 6.90. The summed E-state index contributed by atoms with van der Waals surface area (Å²) in [6.45, 7) is 3.51. The first-order valence-electron chi connectivity index (χ1n) is 14.2. The van der Waals surface area contributed by atoms with Gasteiger partial charge in [-0.1, -0.05) is 90.1 Å². The van der Waals surface area contributed by atoms with Crippen LogP contribution in [0, 0.1) is 6.92 Å². The maximum Gasteiger partial charge on any atom is 0.264 e. The molecule has 7 nitrogen and oxygen atoms in total. The monoisotopic (exact) mass is 639 g/mol. The Bertz CT molecular complexity index is 1410. The van der Waals surface area contributed by atoms with E-state index in [1.165, 1.54) is 11.3 Å². The third-order valence-electron chi connectivity index (χ3n) is 7.54. The van der Waals surface area contributed by atoms with Crippen molar-refractivity contribution in [1.29, 1.82) is 0 Å². The Balaban J connectivity index is 1.68. The average molecular weight is 641 g/mol. The standard InChI is InChI=1S/C32H38BrN3O4S/c1-3-30(32(38)34-27-12-8-5-9-13-27)35(22-25-10-6-4-7-11-25)31(37)23-36(28-18-16-26(33)17-19-28)41(39,40)29-20-14-24(2)15-21-29/h4,6-7,10-11,14-21,27,30H,3,5,8-9,12-13,22-23H2,1-2H3,(H,34,38). The number of hydrogen-bond donors (Lipinski definition) is 1. The Labute approximate surface area is 252 Å². The van der Waals surface area contributed by atoms with Gasteiger partial charge >= 0.3 is 0 Å². The van der Waals surface area contributed by atoms with E-state index in [2.05, 4.69) is 21.2 Å². The van der Waals surface area contributed by atoms with E-state index in [4.69, 9.17) is 0 Å². The van der Waals surface area contributed by atoms with E-state index in [0.29, 0.717) is 12.1 Å². The lowest BCUT2D eigenvalue weighted by Gasteiger charge is -2.34. The van der Waals surface area contributed by atoms with Gasteiger partial charge < -0.3 is 10.2 Å². The highest BCUT2D eigenvalue weighted by Crippen LogP contribution is 2.27. The third-order valence-corrected chi connectivity index (χ3v) is 9.85. The first-order valence-corrected chi connectivity index (χ1v) is 16.4. The lowest BCUT2D eigenvalue weighted by Crippen LogP contribution is -2.54. The molecule has 2 amide bonds. The summed E-state index contributed by atoms with van der Waals surface area (Å²) in [5.74, 6) is -0.640. The Morgan fingerprint density at radius 3 is 2.17 bits per heavy atom. The summed E-state index contributed by atoms with van der Waals surface area (Å²) in [7, 11) is -4.09. The minimum atomic E-state index is -4.09.